The summed E-state index contributed by atoms with van der Waals surface area (Å²) in [6, 6.07) is 20.8. The van der Waals surface area contributed by atoms with Crippen molar-refractivity contribution in [1.82, 2.24) is 0 Å². The minimum absolute atomic E-state index is 0. The van der Waals surface area contributed by atoms with E-state index in [9.17, 15) is 0 Å². The molecule has 0 bridgehead atoms. The molecule has 0 aliphatic carbocycles. The van der Waals surface area contributed by atoms with E-state index in [0.717, 1.165) is 0 Å². The van der Waals surface area contributed by atoms with E-state index in [-0.39, 0.29) is 19.5 Å². The van der Waals surface area contributed by atoms with Crippen LogP contribution < -0.4 is 0 Å². The van der Waals surface area contributed by atoms with Gasteiger partial charge in [0, 0.05) is 19.5 Å². The topological polar surface area (TPSA) is 37.3 Å². The number of hydrogen-bond acceptors (Lipinski definition) is 1. The Hall–Kier alpha value is -0.877. The molecule has 16 heavy (non-hydrogen) atoms. The van der Waals surface area contributed by atoms with Gasteiger partial charge in [0.25, 0.3) is 0 Å². The SMILES string of the molecule is O=[PH+]O.[Zn].c1ccc(-c2ccccc2)cc1. The second kappa shape index (κ2) is 9.36. The minimum atomic E-state index is -1.17. The van der Waals surface area contributed by atoms with Gasteiger partial charge < -0.3 is 0 Å². The van der Waals surface area contributed by atoms with Crippen molar-refractivity contribution in [3.8, 4) is 11.1 Å². The molecule has 0 radical (unpaired) electrons. The van der Waals surface area contributed by atoms with E-state index in [1.54, 1.807) is 0 Å². The van der Waals surface area contributed by atoms with Crippen LogP contribution >= 0.6 is 8.69 Å². The fraction of sp³-hybridized carbons (Fsp3) is 0. The quantitative estimate of drug-likeness (QED) is 0.644. The Morgan fingerprint density at radius 3 is 1.25 bits per heavy atom. The number of hydrogen-bond donors (Lipinski definition) is 1. The molecule has 0 amide bonds. The van der Waals surface area contributed by atoms with Gasteiger partial charge in [0.05, 0.1) is 0 Å². The smallest absolute Gasteiger partial charge is 0.162 e. The van der Waals surface area contributed by atoms with Crippen LogP contribution in [0.1, 0.15) is 0 Å². The molecule has 0 aliphatic rings. The number of benzene rings is 2. The molecule has 0 heterocycles. The van der Waals surface area contributed by atoms with E-state index in [1.165, 1.54) is 11.1 Å². The van der Waals surface area contributed by atoms with Gasteiger partial charge in [0.2, 0.25) is 0 Å². The zero-order valence-corrected chi connectivity index (χ0v) is 12.8. The molecule has 2 aromatic carbocycles. The first-order chi connectivity index (χ1) is 7.38. The largest absolute Gasteiger partial charge is 0.491 e. The molecule has 4 heteroatoms. The van der Waals surface area contributed by atoms with Gasteiger partial charge in [-0.1, -0.05) is 60.7 Å². The molecule has 2 aromatic rings. The van der Waals surface area contributed by atoms with E-state index < -0.39 is 8.69 Å². The summed E-state index contributed by atoms with van der Waals surface area (Å²) in [6.07, 6.45) is 0. The third-order valence-corrected chi connectivity index (χ3v) is 1.88. The molecule has 78 valence electrons. The van der Waals surface area contributed by atoms with E-state index >= 15 is 0 Å². The Bertz CT molecular complexity index is 355. The molecule has 0 saturated carbocycles. The van der Waals surface area contributed by atoms with E-state index in [1.807, 2.05) is 12.1 Å². The van der Waals surface area contributed by atoms with Gasteiger partial charge in [-0.05, 0) is 15.7 Å². The molecular formula is C12H12O2PZn+. The maximum atomic E-state index is 8.51. The summed E-state index contributed by atoms with van der Waals surface area (Å²) in [5, 5.41) is 0. The minimum Gasteiger partial charge on any atom is -0.162 e. The van der Waals surface area contributed by atoms with Crippen molar-refractivity contribution in [3.63, 3.8) is 0 Å². The Labute approximate surface area is 109 Å². The zero-order valence-electron chi connectivity index (χ0n) is 8.84. The normalized spacial score (nSPS) is 8.56. The van der Waals surface area contributed by atoms with E-state index in [2.05, 4.69) is 48.5 Å². The average molecular weight is 285 g/mol. The summed E-state index contributed by atoms with van der Waals surface area (Å²) in [5.74, 6) is 0. The van der Waals surface area contributed by atoms with Crippen molar-refractivity contribution in [2.75, 3.05) is 0 Å². The van der Waals surface area contributed by atoms with Gasteiger partial charge in [-0.3, -0.25) is 0 Å². The first-order valence-corrected chi connectivity index (χ1v) is 5.35. The molecule has 2 nitrogen and oxygen atoms in total. The summed E-state index contributed by atoms with van der Waals surface area (Å²) < 4.78 is 8.51. The summed E-state index contributed by atoms with van der Waals surface area (Å²) in [5.41, 5.74) is 2.55. The van der Waals surface area contributed by atoms with Crippen LogP contribution in [0.3, 0.4) is 0 Å². The third-order valence-electron chi connectivity index (χ3n) is 1.88. The molecule has 0 aliphatic heterocycles. The predicted molar refractivity (Wildman–Crippen MR) is 63.1 cm³/mol. The standard InChI is InChI=1S/C12H10.HO2P.Zn/c1-3-7-11(8-4-1)12-9-5-2-6-10-12;1-3-2;/h1-10H;3H;/p+1. The summed E-state index contributed by atoms with van der Waals surface area (Å²) >= 11 is 0. The van der Waals surface area contributed by atoms with Crippen LogP contribution in [-0.4, -0.2) is 4.89 Å². The Morgan fingerprint density at radius 2 is 1.00 bits per heavy atom. The van der Waals surface area contributed by atoms with Crippen LogP contribution in [-0.2, 0) is 24.0 Å². The maximum absolute atomic E-state index is 8.51. The van der Waals surface area contributed by atoms with E-state index in [4.69, 9.17) is 9.46 Å². The van der Waals surface area contributed by atoms with Crippen molar-refractivity contribution in [2.45, 2.75) is 0 Å². The van der Waals surface area contributed by atoms with Gasteiger partial charge in [-0.2, -0.15) is 4.89 Å². The van der Waals surface area contributed by atoms with Crippen LogP contribution in [0.15, 0.2) is 60.7 Å². The van der Waals surface area contributed by atoms with Gasteiger partial charge >= 0.3 is 8.69 Å². The fourth-order valence-corrected chi connectivity index (χ4v) is 1.26. The Morgan fingerprint density at radius 1 is 0.750 bits per heavy atom. The molecule has 0 fully saturated rings. The van der Waals surface area contributed by atoms with Crippen molar-refractivity contribution in [1.29, 1.82) is 0 Å². The first kappa shape index (κ1) is 15.1. The Kier molecular flexibility index (Phi) is 8.84. The van der Waals surface area contributed by atoms with Crippen molar-refractivity contribution in [3.05, 3.63) is 60.7 Å². The van der Waals surface area contributed by atoms with Crippen LogP contribution in [0.5, 0.6) is 0 Å². The summed E-state index contributed by atoms with van der Waals surface area (Å²) in [6.45, 7) is 0. The van der Waals surface area contributed by atoms with Gasteiger partial charge in [0.1, 0.15) is 0 Å². The monoisotopic (exact) mass is 283 g/mol. The molecule has 1 unspecified atom stereocenters. The molecule has 0 saturated heterocycles. The zero-order chi connectivity index (χ0) is 10.9. The van der Waals surface area contributed by atoms with Crippen LogP contribution in [0, 0.1) is 0 Å². The molecule has 1 atom stereocenters. The van der Waals surface area contributed by atoms with Crippen molar-refractivity contribution >= 4 is 8.69 Å². The average Bonchev–Trinajstić information content (AvgIpc) is 2.32. The van der Waals surface area contributed by atoms with Crippen LogP contribution in [0.4, 0.5) is 0 Å². The third kappa shape index (κ3) is 5.27. The maximum Gasteiger partial charge on any atom is 0.491 e. The first-order valence-electron chi connectivity index (χ1n) is 4.50. The van der Waals surface area contributed by atoms with Crippen LogP contribution in [0.25, 0.3) is 11.1 Å². The molecule has 0 aromatic heterocycles. The fourth-order valence-electron chi connectivity index (χ4n) is 1.26. The summed E-state index contributed by atoms with van der Waals surface area (Å²) in [7, 11) is -1.17. The van der Waals surface area contributed by atoms with Crippen molar-refractivity contribution in [2.24, 2.45) is 0 Å². The van der Waals surface area contributed by atoms with E-state index in [0.29, 0.717) is 0 Å². The van der Waals surface area contributed by atoms with Gasteiger partial charge in [0.15, 0.2) is 0 Å². The van der Waals surface area contributed by atoms with Crippen LogP contribution in [0.2, 0.25) is 0 Å². The number of rotatable bonds is 1. The molecular weight excluding hydrogens is 272 g/mol. The molecule has 2 rings (SSSR count). The van der Waals surface area contributed by atoms with Gasteiger partial charge in [-0.25, -0.2) is 0 Å². The summed E-state index contributed by atoms with van der Waals surface area (Å²) in [4.78, 5) is 7.04. The predicted octanol–water partition coefficient (Wildman–Crippen LogP) is 3.27. The van der Waals surface area contributed by atoms with Gasteiger partial charge in [-0.15, -0.1) is 0 Å². The second-order valence-electron chi connectivity index (χ2n) is 2.82. The Balaban J connectivity index is 0.000000511. The second-order valence-corrected chi connectivity index (χ2v) is 3.01. The molecule has 1 N–H and O–H groups in total. The van der Waals surface area contributed by atoms with Crippen molar-refractivity contribution < 1.29 is 28.9 Å². The molecule has 0 spiro atoms.